The van der Waals surface area contributed by atoms with Crippen LogP contribution >= 0.6 is 11.3 Å². The molecule has 0 saturated carbocycles. The number of nitrogens with zero attached hydrogens (tertiary/aromatic N) is 2. The molecule has 2 aromatic rings. The van der Waals surface area contributed by atoms with Crippen molar-refractivity contribution in [3.8, 4) is 5.75 Å². The first-order valence-electron chi connectivity index (χ1n) is 7.27. The van der Waals surface area contributed by atoms with E-state index in [-0.39, 0.29) is 5.91 Å². The molecule has 0 aliphatic heterocycles. The second kappa shape index (κ2) is 7.78. The molecule has 1 aromatic carbocycles. The van der Waals surface area contributed by atoms with Crippen LogP contribution in [0.5, 0.6) is 5.75 Å². The van der Waals surface area contributed by atoms with E-state index in [0.717, 1.165) is 22.1 Å². The fourth-order valence-electron chi connectivity index (χ4n) is 2.21. The van der Waals surface area contributed by atoms with Crippen molar-refractivity contribution in [1.29, 1.82) is 0 Å². The lowest BCUT2D eigenvalue weighted by atomic mass is 10.2. The zero-order valence-electron chi connectivity index (χ0n) is 13.6. The maximum Gasteiger partial charge on any atom is 0.266 e. The SMILES string of the molecule is C=CCN(Cc1cccc(OC)c1)C(=O)c1sc(NC)nc1C. The smallest absolute Gasteiger partial charge is 0.266 e. The molecule has 0 spiro atoms. The van der Waals surface area contributed by atoms with Crippen LogP contribution in [0, 0.1) is 6.92 Å². The largest absolute Gasteiger partial charge is 0.497 e. The predicted octanol–water partition coefficient (Wildman–Crippen LogP) is 3.33. The second-order valence-electron chi connectivity index (χ2n) is 5.01. The van der Waals surface area contributed by atoms with Gasteiger partial charge in [0, 0.05) is 20.1 Å². The number of aryl methyl sites for hydroxylation is 1. The third-order valence-corrected chi connectivity index (χ3v) is 4.51. The lowest BCUT2D eigenvalue weighted by Gasteiger charge is -2.21. The highest BCUT2D eigenvalue weighted by Crippen LogP contribution is 2.24. The number of amides is 1. The molecule has 2 rings (SSSR count). The van der Waals surface area contributed by atoms with Gasteiger partial charge in [-0.1, -0.05) is 29.5 Å². The number of hydrogen-bond donors (Lipinski definition) is 1. The van der Waals surface area contributed by atoms with E-state index in [4.69, 9.17) is 4.74 Å². The van der Waals surface area contributed by atoms with Crippen molar-refractivity contribution in [2.45, 2.75) is 13.5 Å². The lowest BCUT2D eigenvalue weighted by molar-refractivity contribution is 0.0766. The van der Waals surface area contributed by atoms with Crippen molar-refractivity contribution in [1.82, 2.24) is 9.88 Å². The van der Waals surface area contributed by atoms with Crippen LogP contribution in [0.4, 0.5) is 5.13 Å². The molecule has 23 heavy (non-hydrogen) atoms. The minimum absolute atomic E-state index is 0.0378. The summed E-state index contributed by atoms with van der Waals surface area (Å²) in [6.45, 7) is 6.57. The number of aromatic nitrogens is 1. The zero-order chi connectivity index (χ0) is 16.8. The quantitative estimate of drug-likeness (QED) is 0.791. The van der Waals surface area contributed by atoms with E-state index in [1.165, 1.54) is 11.3 Å². The molecular weight excluding hydrogens is 310 g/mol. The zero-order valence-corrected chi connectivity index (χ0v) is 14.4. The minimum Gasteiger partial charge on any atom is -0.497 e. The molecule has 1 amide bonds. The number of nitrogens with one attached hydrogen (secondary N) is 1. The van der Waals surface area contributed by atoms with Crippen molar-refractivity contribution in [2.75, 3.05) is 26.0 Å². The first-order valence-corrected chi connectivity index (χ1v) is 8.09. The molecule has 0 bridgehead atoms. The third kappa shape index (κ3) is 4.10. The standard InChI is InChI=1S/C17H21N3O2S/c1-5-9-20(11-13-7-6-8-14(10-13)22-4)16(21)15-12(2)19-17(18-3)23-15/h5-8,10H,1,9,11H2,2-4H3,(H,18,19). The van der Waals surface area contributed by atoms with Crippen LogP contribution in [-0.2, 0) is 6.54 Å². The van der Waals surface area contributed by atoms with Crippen molar-refractivity contribution in [2.24, 2.45) is 0 Å². The molecule has 1 N–H and O–H groups in total. The first kappa shape index (κ1) is 17.0. The number of carbonyl (C=O) groups is 1. The Bertz CT molecular complexity index is 697. The van der Waals surface area contributed by atoms with Crippen LogP contribution in [0.25, 0.3) is 0 Å². The number of benzene rings is 1. The van der Waals surface area contributed by atoms with Crippen molar-refractivity contribution >= 4 is 22.4 Å². The Labute approximate surface area is 140 Å². The molecule has 6 heteroatoms. The normalized spacial score (nSPS) is 10.2. The van der Waals surface area contributed by atoms with Gasteiger partial charge >= 0.3 is 0 Å². The molecule has 0 radical (unpaired) electrons. The number of anilines is 1. The Morgan fingerprint density at radius 3 is 2.91 bits per heavy atom. The highest BCUT2D eigenvalue weighted by atomic mass is 32.1. The maximum absolute atomic E-state index is 12.8. The predicted molar refractivity (Wildman–Crippen MR) is 94.3 cm³/mol. The number of methoxy groups -OCH3 is 1. The van der Waals surface area contributed by atoms with E-state index in [1.54, 1.807) is 25.1 Å². The van der Waals surface area contributed by atoms with Gasteiger partial charge in [0.2, 0.25) is 0 Å². The maximum atomic E-state index is 12.8. The summed E-state index contributed by atoms with van der Waals surface area (Å²) in [5.41, 5.74) is 1.75. The summed E-state index contributed by atoms with van der Waals surface area (Å²) in [5.74, 6) is 0.740. The molecule has 122 valence electrons. The van der Waals surface area contributed by atoms with Crippen molar-refractivity contribution in [3.05, 3.63) is 53.1 Å². The van der Waals surface area contributed by atoms with Gasteiger partial charge in [0.1, 0.15) is 10.6 Å². The summed E-state index contributed by atoms with van der Waals surface area (Å²) in [5, 5.41) is 3.72. The van der Waals surface area contributed by atoms with E-state index in [1.807, 2.05) is 31.2 Å². The highest BCUT2D eigenvalue weighted by Gasteiger charge is 2.21. The van der Waals surface area contributed by atoms with Crippen LogP contribution in [0.2, 0.25) is 0 Å². The Morgan fingerprint density at radius 2 is 2.30 bits per heavy atom. The van der Waals surface area contributed by atoms with E-state index in [9.17, 15) is 4.79 Å². The molecule has 0 atom stereocenters. The lowest BCUT2D eigenvalue weighted by Crippen LogP contribution is -2.30. The van der Waals surface area contributed by atoms with E-state index >= 15 is 0 Å². The van der Waals surface area contributed by atoms with Gasteiger partial charge in [-0.05, 0) is 24.6 Å². The van der Waals surface area contributed by atoms with E-state index < -0.39 is 0 Å². The third-order valence-electron chi connectivity index (χ3n) is 3.35. The molecule has 1 heterocycles. The van der Waals surface area contributed by atoms with Gasteiger partial charge in [0.15, 0.2) is 5.13 Å². The number of rotatable bonds is 7. The Balaban J connectivity index is 2.24. The molecule has 0 aliphatic carbocycles. The molecule has 0 aliphatic rings. The number of carbonyl (C=O) groups excluding carboxylic acids is 1. The van der Waals surface area contributed by atoms with Gasteiger partial charge in [-0.2, -0.15) is 0 Å². The van der Waals surface area contributed by atoms with Crippen LogP contribution in [0.15, 0.2) is 36.9 Å². The summed E-state index contributed by atoms with van der Waals surface area (Å²) in [6, 6.07) is 7.71. The average molecular weight is 331 g/mol. The molecular formula is C17H21N3O2S. The number of hydrogen-bond acceptors (Lipinski definition) is 5. The molecule has 1 aromatic heterocycles. The summed E-state index contributed by atoms with van der Waals surface area (Å²) < 4.78 is 5.24. The van der Waals surface area contributed by atoms with Crippen LogP contribution < -0.4 is 10.1 Å². The Morgan fingerprint density at radius 1 is 1.52 bits per heavy atom. The summed E-state index contributed by atoms with van der Waals surface area (Å²) in [4.78, 5) is 19.6. The fourth-order valence-corrected chi connectivity index (χ4v) is 3.10. The Hall–Kier alpha value is -2.34. The molecule has 0 unspecified atom stereocenters. The van der Waals surface area contributed by atoms with Gasteiger partial charge in [-0.25, -0.2) is 4.98 Å². The van der Waals surface area contributed by atoms with E-state index in [2.05, 4.69) is 16.9 Å². The number of thiazole rings is 1. The number of ether oxygens (including phenoxy) is 1. The van der Waals surface area contributed by atoms with Crippen molar-refractivity contribution < 1.29 is 9.53 Å². The van der Waals surface area contributed by atoms with Gasteiger partial charge in [0.05, 0.1) is 12.8 Å². The fraction of sp³-hybridized carbons (Fsp3) is 0.294. The van der Waals surface area contributed by atoms with Gasteiger partial charge < -0.3 is 15.0 Å². The van der Waals surface area contributed by atoms with Gasteiger partial charge in [0.25, 0.3) is 5.91 Å². The second-order valence-corrected chi connectivity index (χ2v) is 6.01. The van der Waals surface area contributed by atoms with Crippen LogP contribution in [0.1, 0.15) is 20.9 Å². The van der Waals surface area contributed by atoms with Crippen molar-refractivity contribution in [3.63, 3.8) is 0 Å². The summed E-state index contributed by atoms with van der Waals surface area (Å²) in [6.07, 6.45) is 1.73. The monoisotopic (exact) mass is 331 g/mol. The Kier molecular flexibility index (Phi) is 5.76. The summed E-state index contributed by atoms with van der Waals surface area (Å²) >= 11 is 1.37. The van der Waals surface area contributed by atoms with Crippen LogP contribution in [-0.4, -0.2) is 36.5 Å². The first-order chi connectivity index (χ1) is 11.1. The molecule has 5 nitrogen and oxygen atoms in total. The molecule has 0 fully saturated rings. The average Bonchev–Trinajstić information content (AvgIpc) is 2.95. The van der Waals surface area contributed by atoms with E-state index in [0.29, 0.717) is 18.0 Å². The van der Waals surface area contributed by atoms with Gasteiger partial charge in [-0.15, -0.1) is 6.58 Å². The summed E-state index contributed by atoms with van der Waals surface area (Å²) in [7, 11) is 3.43. The van der Waals surface area contributed by atoms with Gasteiger partial charge in [-0.3, -0.25) is 4.79 Å². The highest BCUT2D eigenvalue weighted by molar-refractivity contribution is 7.17. The molecule has 0 saturated heterocycles. The topological polar surface area (TPSA) is 54.5 Å². The minimum atomic E-state index is -0.0378. The van der Waals surface area contributed by atoms with Crippen LogP contribution in [0.3, 0.4) is 0 Å².